The molecule has 1 saturated carbocycles. The van der Waals surface area contributed by atoms with Gasteiger partial charge in [0.15, 0.2) is 0 Å². The molecule has 1 N–H and O–H groups in total. The Hall–Kier alpha value is -1.39. The zero-order valence-electron chi connectivity index (χ0n) is 11.6. The normalized spacial score (nSPS) is 17.2. The summed E-state index contributed by atoms with van der Waals surface area (Å²) in [7, 11) is 0. The van der Waals surface area contributed by atoms with E-state index in [1.54, 1.807) is 0 Å². The molecule has 1 heterocycles. The lowest BCUT2D eigenvalue weighted by atomic mass is 10.1. The number of rotatable bonds is 5. The summed E-state index contributed by atoms with van der Waals surface area (Å²) >= 11 is 0. The minimum Gasteiger partial charge on any atom is -0.345 e. The Morgan fingerprint density at radius 1 is 1.44 bits per heavy atom. The molecule has 1 aliphatic rings. The van der Waals surface area contributed by atoms with Gasteiger partial charge >= 0.3 is 0 Å². The van der Waals surface area contributed by atoms with Gasteiger partial charge in [0, 0.05) is 12.5 Å². The van der Waals surface area contributed by atoms with Crippen LogP contribution in [0, 0.1) is 11.8 Å². The zero-order valence-corrected chi connectivity index (χ0v) is 11.6. The van der Waals surface area contributed by atoms with Crippen molar-refractivity contribution in [1.82, 2.24) is 20.3 Å². The van der Waals surface area contributed by atoms with Gasteiger partial charge in [0.2, 0.25) is 5.91 Å². The van der Waals surface area contributed by atoms with E-state index in [4.69, 9.17) is 0 Å². The minimum atomic E-state index is -0.240. The van der Waals surface area contributed by atoms with Crippen LogP contribution in [0.1, 0.15) is 46.2 Å². The van der Waals surface area contributed by atoms with Crippen molar-refractivity contribution in [3.63, 3.8) is 0 Å². The smallest absolute Gasteiger partial charge is 0.223 e. The van der Waals surface area contributed by atoms with Gasteiger partial charge in [-0.3, -0.25) is 9.48 Å². The van der Waals surface area contributed by atoms with E-state index in [2.05, 4.69) is 29.5 Å². The molecule has 0 unspecified atom stereocenters. The van der Waals surface area contributed by atoms with Gasteiger partial charge in [-0.1, -0.05) is 32.9 Å². The lowest BCUT2D eigenvalue weighted by Gasteiger charge is -2.16. The number of nitrogens with one attached hydrogen (secondary N) is 1. The number of hydrogen-bond donors (Lipinski definition) is 1. The van der Waals surface area contributed by atoms with Crippen LogP contribution in [0.5, 0.6) is 0 Å². The Labute approximate surface area is 108 Å². The minimum absolute atomic E-state index is 0.00758. The molecule has 5 nitrogen and oxygen atoms in total. The molecule has 0 spiro atoms. The van der Waals surface area contributed by atoms with Gasteiger partial charge in [-0.05, 0) is 18.8 Å². The molecule has 5 heteroatoms. The summed E-state index contributed by atoms with van der Waals surface area (Å²) in [6.07, 6.45) is 3.89. The van der Waals surface area contributed by atoms with Crippen molar-refractivity contribution < 1.29 is 4.79 Å². The molecule has 0 aromatic carbocycles. The van der Waals surface area contributed by atoms with E-state index >= 15 is 0 Å². The van der Waals surface area contributed by atoms with E-state index < -0.39 is 0 Å². The Bertz CT molecular complexity index is 432. The zero-order chi connectivity index (χ0) is 13.3. The Kier molecular flexibility index (Phi) is 3.41. The fourth-order valence-corrected chi connectivity index (χ4v) is 1.93. The van der Waals surface area contributed by atoms with Gasteiger partial charge in [-0.15, -0.1) is 5.10 Å². The van der Waals surface area contributed by atoms with Gasteiger partial charge < -0.3 is 5.32 Å². The summed E-state index contributed by atoms with van der Waals surface area (Å²) in [6.45, 7) is 8.97. The molecular formula is C13H22N4O. The van der Waals surface area contributed by atoms with Crippen LogP contribution in [0.2, 0.25) is 0 Å². The Balaban J connectivity index is 2.06. The monoisotopic (exact) mass is 250 g/mol. The Morgan fingerprint density at radius 2 is 2.11 bits per heavy atom. The third-order valence-corrected chi connectivity index (χ3v) is 3.22. The molecule has 0 saturated heterocycles. The van der Waals surface area contributed by atoms with Crippen molar-refractivity contribution in [3.8, 4) is 0 Å². The highest BCUT2D eigenvalue weighted by atomic mass is 16.2. The van der Waals surface area contributed by atoms with Crippen LogP contribution < -0.4 is 5.32 Å². The predicted molar refractivity (Wildman–Crippen MR) is 68.8 cm³/mol. The standard InChI is InChI=1S/C13H22N4O/c1-9(2)7-17-8-11(15-16-17)13(5-6-13)14-12(18)10(3)4/h8-10H,5-7H2,1-4H3,(H,14,18). The van der Waals surface area contributed by atoms with Crippen LogP contribution in [0.3, 0.4) is 0 Å². The third kappa shape index (κ3) is 2.71. The topological polar surface area (TPSA) is 59.8 Å². The van der Waals surface area contributed by atoms with Crippen LogP contribution >= 0.6 is 0 Å². The molecule has 100 valence electrons. The summed E-state index contributed by atoms with van der Waals surface area (Å²) < 4.78 is 1.86. The van der Waals surface area contributed by atoms with Gasteiger partial charge in [-0.25, -0.2) is 0 Å². The predicted octanol–water partition coefficient (Wildman–Crippen LogP) is 1.70. The summed E-state index contributed by atoms with van der Waals surface area (Å²) in [5.74, 6) is 0.638. The fraction of sp³-hybridized carbons (Fsp3) is 0.769. The van der Waals surface area contributed by atoms with Crippen LogP contribution in [0.25, 0.3) is 0 Å². The maximum Gasteiger partial charge on any atom is 0.223 e. The average molecular weight is 250 g/mol. The van der Waals surface area contributed by atoms with Crippen molar-refractivity contribution in [2.24, 2.45) is 11.8 Å². The molecular weight excluding hydrogens is 228 g/mol. The molecule has 1 aliphatic carbocycles. The van der Waals surface area contributed by atoms with Crippen molar-refractivity contribution in [2.75, 3.05) is 0 Å². The molecule has 1 aromatic rings. The van der Waals surface area contributed by atoms with Crippen LogP contribution in [-0.4, -0.2) is 20.9 Å². The second-order valence-electron chi connectivity index (χ2n) is 5.95. The number of aromatic nitrogens is 3. The number of amides is 1. The Morgan fingerprint density at radius 3 is 2.61 bits per heavy atom. The SMILES string of the molecule is CC(C)Cn1cc(C2(NC(=O)C(C)C)CC2)nn1. The highest BCUT2D eigenvalue weighted by Crippen LogP contribution is 2.44. The van der Waals surface area contributed by atoms with Gasteiger partial charge in [0.05, 0.1) is 11.7 Å². The summed E-state index contributed by atoms with van der Waals surface area (Å²) in [6, 6.07) is 0. The van der Waals surface area contributed by atoms with Gasteiger partial charge in [0.25, 0.3) is 0 Å². The second kappa shape index (κ2) is 4.71. The largest absolute Gasteiger partial charge is 0.345 e. The quantitative estimate of drug-likeness (QED) is 0.865. The molecule has 2 rings (SSSR count). The van der Waals surface area contributed by atoms with Gasteiger partial charge in [-0.2, -0.15) is 0 Å². The molecule has 1 fully saturated rings. The van der Waals surface area contributed by atoms with E-state index in [1.165, 1.54) is 0 Å². The molecule has 0 aliphatic heterocycles. The molecule has 0 radical (unpaired) electrons. The molecule has 0 bridgehead atoms. The summed E-state index contributed by atoms with van der Waals surface area (Å²) in [5, 5.41) is 11.4. The van der Waals surface area contributed by atoms with Crippen LogP contribution in [0.15, 0.2) is 6.20 Å². The van der Waals surface area contributed by atoms with E-state index in [9.17, 15) is 4.79 Å². The van der Waals surface area contributed by atoms with Crippen molar-refractivity contribution in [2.45, 2.75) is 52.6 Å². The van der Waals surface area contributed by atoms with E-state index in [-0.39, 0.29) is 17.4 Å². The van der Waals surface area contributed by atoms with Crippen LogP contribution in [0.4, 0.5) is 0 Å². The summed E-state index contributed by atoms with van der Waals surface area (Å²) in [5.41, 5.74) is 0.661. The highest BCUT2D eigenvalue weighted by molar-refractivity contribution is 5.79. The molecule has 1 aromatic heterocycles. The first-order valence-electron chi connectivity index (χ1n) is 6.65. The first-order chi connectivity index (χ1) is 8.43. The fourth-order valence-electron chi connectivity index (χ4n) is 1.93. The first kappa shape index (κ1) is 13.1. The van der Waals surface area contributed by atoms with Gasteiger partial charge in [0.1, 0.15) is 5.69 Å². The maximum atomic E-state index is 11.8. The lowest BCUT2D eigenvalue weighted by molar-refractivity contribution is -0.125. The number of carbonyl (C=O) groups excluding carboxylic acids is 1. The molecule has 18 heavy (non-hydrogen) atoms. The summed E-state index contributed by atoms with van der Waals surface area (Å²) in [4.78, 5) is 11.8. The number of nitrogens with zero attached hydrogens (tertiary/aromatic N) is 3. The average Bonchev–Trinajstić information content (AvgIpc) is 2.89. The lowest BCUT2D eigenvalue weighted by Crippen LogP contribution is -2.37. The van der Waals surface area contributed by atoms with Crippen molar-refractivity contribution in [3.05, 3.63) is 11.9 Å². The molecule has 1 amide bonds. The number of carbonyl (C=O) groups is 1. The maximum absolute atomic E-state index is 11.8. The molecule has 0 atom stereocenters. The van der Waals surface area contributed by atoms with Crippen molar-refractivity contribution in [1.29, 1.82) is 0 Å². The first-order valence-corrected chi connectivity index (χ1v) is 6.65. The number of hydrogen-bond acceptors (Lipinski definition) is 3. The van der Waals surface area contributed by atoms with Crippen molar-refractivity contribution >= 4 is 5.91 Å². The highest BCUT2D eigenvalue weighted by Gasteiger charge is 2.48. The van der Waals surface area contributed by atoms with E-state index in [0.29, 0.717) is 5.92 Å². The third-order valence-electron chi connectivity index (χ3n) is 3.22. The van der Waals surface area contributed by atoms with Crippen LogP contribution in [-0.2, 0) is 16.9 Å². The van der Waals surface area contributed by atoms with E-state index in [1.807, 2.05) is 24.7 Å². The van der Waals surface area contributed by atoms with E-state index in [0.717, 1.165) is 25.1 Å². The second-order valence-corrected chi connectivity index (χ2v) is 5.95.